The molecule has 134 valence electrons. The Bertz CT molecular complexity index is 854. The minimum atomic E-state index is -3.64. The van der Waals surface area contributed by atoms with Gasteiger partial charge in [0.25, 0.3) is 0 Å². The molecule has 1 atom stereocenters. The minimum Gasteiger partial charge on any atom is -0.324 e. The van der Waals surface area contributed by atoms with Gasteiger partial charge in [-0.15, -0.1) is 0 Å². The maximum Gasteiger partial charge on any atom is 0.248 e. The highest BCUT2D eigenvalue weighted by Gasteiger charge is 2.31. The summed E-state index contributed by atoms with van der Waals surface area (Å²) in [6.45, 7) is 3.64. The zero-order chi connectivity index (χ0) is 18.6. The van der Waals surface area contributed by atoms with Crippen molar-refractivity contribution in [1.29, 1.82) is 0 Å². The smallest absolute Gasteiger partial charge is 0.248 e. The van der Waals surface area contributed by atoms with E-state index >= 15 is 0 Å². The lowest BCUT2D eigenvalue weighted by Gasteiger charge is -2.30. The molecule has 2 aromatic carbocycles. The fourth-order valence-corrected chi connectivity index (χ4v) is 3.92. The normalized spacial score (nSPS) is 12.5. The third-order valence-corrected chi connectivity index (χ3v) is 5.37. The molecule has 0 aliphatic rings. The predicted molar refractivity (Wildman–Crippen MR) is 103 cm³/mol. The van der Waals surface area contributed by atoms with E-state index in [0.29, 0.717) is 22.8 Å². The Balaban J connectivity index is 2.34. The van der Waals surface area contributed by atoms with Crippen LogP contribution in [0.5, 0.6) is 0 Å². The van der Waals surface area contributed by atoms with Gasteiger partial charge in [-0.25, -0.2) is 8.42 Å². The number of anilines is 2. The van der Waals surface area contributed by atoms with Gasteiger partial charge in [0.05, 0.1) is 11.9 Å². The van der Waals surface area contributed by atoms with Gasteiger partial charge in [0.15, 0.2) is 0 Å². The van der Waals surface area contributed by atoms with Gasteiger partial charge in [0.2, 0.25) is 15.9 Å². The number of sulfonamides is 1. The van der Waals surface area contributed by atoms with Crippen LogP contribution in [0.1, 0.15) is 18.9 Å². The number of hydrogen-bond acceptors (Lipinski definition) is 3. The summed E-state index contributed by atoms with van der Waals surface area (Å²) in [6, 6.07) is 12.9. The van der Waals surface area contributed by atoms with Crippen molar-refractivity contribution in [3.05, 3.63) is 59.1 Å². The average Bonchev–Trinajstić information content (AvgIpc) is 2.55. The molecule has 0 heterocycles. The van der Waals surface area contributed by atoms with Crippen LogP contribution < -0.4 is 9.62 Å². The van der Waals surface area contributed by atoms with E-state index in [2.05, 4.69) is 5.32 Å². The second-order valence-electron chi connectivity index (χ2n) is 5.77. The van der Waals surface area contributed by atoms with Gasteiger partial charge in [0, 0.05) is 10.7 Å². The van der Waals surface area contributed by atoms with Crippen molar-refractivity contribution in [2.45, 2.75) is 26.3 Å². The molecule has 7 heteroatoms. The molecule has 0 bridgehead atoms. The van der Waals surface area contributed by atoms with Crippen molar-refractivity contribution in [2.75, 3.05) is 15.9 Å². The van der Waals surface area contributed by atoms with Gasteiger partial charge in [0.1, 0.15) is 6.04 Å². The first-order chi connectivity index (χ1) is 11.7. The summed E-state index contributed by atoms with van der Waals surface area (Å²) >= 11 is 6.08. The molecule has 2 aromatic rings. The second kappa shape index (κ2) is 7.89. The molecule has 0 fully saturated rings. The maximum atomic E-state index is 12.7. The van der Waals surface area contributed by atoms with Gasteiger partial charge in [-0.05, 0) is 43.2 Å². The fraction of sp³-hybridized carbons (Fsp3) is 0.278. The number of aryl methyl sites for hydroxylation is 1. The molecule has 1 amide bonds. The van der Waals surface area contributed by atoms with E-state index < -0.39 is 22.0 Å². The van der Waals surface area contributed by atoms with Crippen molar-refractivity contribution in [2.24, 2.45) is 0 Å². The first kappa shape index (κ1) is 19.3. The summed E-state index contributed by atoms with van der Waals surface area (Å²) in [5.74, 6) is -0.406. The lowest BCUT2D eigenvalue weighted by molar-refractivity contribution is -0.117. The third kappa shape index (κ3) is 4.74. The summed E-state index contributed by atoms with van der Waals surface area (Å²) in [5.41, 5.74) is 1.88. The Morgan fingerprint density at radius 2 is 1.84 bits per heavy atom. The first-order valence-corrected chi connectivity index (χ1v) is 10.1. The van der Waals surface area contributed by atoms with Gasteiger partial charge in [-0.2, -0.15) is 0 Å². The number of hydrogen-bond donors (Lipinski definition) is 1. The summed E-state index contributed by atoms with van der Waals surface area (Å²) in [6.07, 6.45) is 1.42. The minimum absolute atomic E-state index is 0.327. The van der Waals surface area contributed by atoms with Crippen LogP contribution in [-0.4, -0.2) is 26.6 Å². The Kier molecular flexibility index (Phi) is 6.08. The van der Waals surface area contributed by atoms with Gasteiger partial charge < -0.3 is 5.32 Å². The number of amides is 1. The van der Waals surface area contributed by atoms with Crippen molar-refractivity contribution < 1.29 is 13.2 Å². The molecule has 5 nitrogen and oxygen atoms in total. The van der Waals surface area contributed by atoms with Crippen LogP contribution >= 0.6 is 11.6 Å². The van der Waals surface area contributed by atoms with Gasteiger partial charge in [-0.3, -0.25) is 9.10 Å². The Labute approximate surface area is 153 Å². The van der Waals surface area contributed by atoms with Crippen LogP contribution in [0.25, 0.3) is 0 Å². The average molecular weight is 381 g/mol. The molecule has 0 saturated carbocycles. The van der Waals surface area contributed by atoms with Crippen molar-refractivity contribution in [1.82, 2.24) is 0 Å². The summed E-state index contributed by atoms with van der Waals surface area (Å²) in [5, 5.41) is 3.29. The highest BCUT2D eigenvalue weighted by atomic mass is 35.5. The van der Waals surface area contributed by atoms with Crippen LogP contribution in [0.3, 0.4) is 0 Å². The van der Waals surface area contributed by atoms with Crippen molar-refractivity contribution >= 4 is 38.9 Å². The quantitative estimate of drug-likeness (QED) is 0.828. The van der Waals surface area contributed by atoms with E-state index in [4.69, 9.17) is 11.6 Å². The van der Waals surface area contributed by atoms with Crippen molar-refractivity contribution in [3.63, 3.8) is 0 Å². The van der Waals surface area contributed by atoms with Crippen LogP contribution in [0.4, 0.5) is 11.4 Å². The number of carbonyl (C=O) groups is 1. The third-order valence-electron chi connectivity index (χ3n) is 3.78. The fourth-order valence-electron chi connectivity index (χ4n) is 2.53. The van der Waals surface area contributed by atoms with Crippen LogP contribution in [-0.2, 0) is 14.8 Å². The summed E-state index contributed by atoms with van der Waals surface area (Å²) in [4.78, 5) is 12.7. The largest absolute Gasteiger partial charge is 0.324 e. The standard InChI is InChI=1S/C18H21ClN2O3S/c1-4-17(18(22)20-14-11-10-13(2)16(19)12-14)21(25(3,23)24)15-8-6-5-7-9-15/h5-12,17H,4H2,1-3H3,(H,20,22)/t17-/m0/s1. The van der Waals surface area contributed by atoms with Gasteiger partial charge >= 0.3 is 0 Å². The molecule has 2 rings (SSSR count). The molecule has 0 spiro atoms. The summed E-state index contributed by atoms with van der Waals surface area (Å²) in [7, 11) is -3.64. The number of para-hydroxylation sites is 1. The molecule has 0 saturated heterocycles. The zero-order valence-electron chi connectivity index (χ0n) is 14.4. The number of halogens is 1. The Morgan fingerprint density at radius 3 is 2.36 bits per heavy atom. The molecule has 0 aliphatic heterocycles. The van der Waals surface area contributed by atoms with E-state index in [1.54, 1.807) is 55.5 Å². The lowest BCUT2D eigenvalue weighted by Crippen LogP contribution is -2.46. The van der Waals surface area contributed by atoms with E-state index in [1.807, 2.05) is 6.92 Å². The number of nitrogens with one attached hydrogen (secondary N) is 1. The monoisotopic (exact) mass is 380 g/mol. The van der Waals surface area contributed by atoms with E-state index in [9.17, 15) is 13.2 Å². The second-order valence-corrected chi connectivity index (χ2v) is 8.04. The van der Waals surface area contributed by atoms with Gasteiger partial charge in [-0.1, -0.05) is 42.8 Å². The molecule has 25 heavy (non-hydrogen) atoms. The first-order valence-electron chi connectivity index (χ1n) is 7.85. The molecule has 0 aliphatic carbocycles. The highest BCUT2D eigenvalue weighted by Crippen LogP contribution is 2.24. The predicted octanol–water partition coefficient (Wildman–Crippen LogP) is 3.83. The number of rotatable bonds is 6. The Hall–Kier alpha value is -2.05. The Morgan fingerprint density at radius 1 is 1.20 bits per heavy atom. The zero-order valence-corrected chi connectivity index (χ0v) is 15.9. The lowest BCUT2D eigenvalue weighted by atomic mass is 10.1. The van der Waals surface area contributed by atoms with E-state index in [-0.39, 0.29) is 0 Å². The van der Waals surface area contributed by atoms with Crippen molar-refractivity contribution in [3.8, 4) is 0 Å². The SMILES string of the molecule is CC[C@@H](C(=O)Nc1ccc(C)c(Cl)c1)N(c1ccccc1)S(C)(=O)=O. The number of benzene rings is 2. The molecule has 0 radical (unpaired) electrons. The highest BCUT2D eigenvalue weighted by molar-refractivity contribution is 7.92. The molecule has 0 unspecified atom stereocenters. The number of nitrogens with zero attached hydrogens (tertiary/aromatic N) is 1. The van der Waals surface area contributed by atoms with Crippen LogP contribution in [0.2, 0.25) is 5.02 Å². The molecular weight excluding hydrogens is 360 g/mol. The topological polar surface area (TPSA) is 66.5 Å². The van der Waals surface area contributed by atoms with E-state index in [0.717, 1.165) is 16.1 Å². The molecule has 1 N–H and O–H groups in total. The van der Waals surface area contributed by atoms with Crippen LogP contribution in [0.15, 0.2) is 48.5 Å². The number of carbonyl (C=O) groups excluding carboxylic acids is 1. The molecular formula is C18H21ClN2O3S. The van der Waals surface area contributed by atoms with E-state index in [1.165, 1.54) is 0 Å². The molecule has 0 aromatic heterocycles. The van der Waals surface area contributed by atoms with Crippen LogP contribution in [0, 0.1) is 6.92 Å². The maximum absolute atomic E-state index is 12.7. The summed E-state index contributed by atoms with van der Waals surface area (Å²) < 4.78 is 25.8.